The number of benzene rings is 1. The molecule has 1 heterocycles. The van der Waals surface area contributed by atoms with E-state index in [0.29, 0.717) is 6.54 Å². The van der Waals surface area contributed by atoms with Crippen LogP contribution in [0.2, 0.25) is 0 Å². The lowest BCUT2D eigenvalue weighted by Gasteiger charge is -2.25. The molecule has 1 N–H and O–H groups in total. The Morgan fingerprint density at radius 1 is 1.41 bits per heavy atom. The van der Waals surface area contributed by atoms with Crippen LogP contribution in [0, 0.1) is 0 Å². The third-order valence-electron chi connectivity index (χ3n) is 2.97. The van der Waals surface area contributed by atoms with E-state index in [1.165, 1.54) is 0 Å². The van der Waals surface area contributed by atoms with E-state index >= 15 is 0 Å². The fourth-order valence-corrected chi connectivity index (χ4v) is 2.31. The first-order valence-corrected chi connectivity index (χ1v) is 7.77. The number of imidazole rings is 1. The standard InChI is InChI=1S/C16H20BrN3O2/c1-16(2,3)22-15(21)20(4)9-12-7-11(5-6-13(12)17)14-8-18-10-19-14/h5-8,10H,9H2,1-4H3,(H,18,19). The Kier molecular flexibility index (Phi) is 4.90. The normalized spacial score (nSPS) is 11.3. The van der Waals surface area contributed by atoms with E-state index in [1.807, 2.05) is 39.0 Å². The average molecular weight is 366 g/mol. The number of nitrogens with zero attached hydrogens (tertiary/aromatic N) is 2. The minimum Gasteiger partial charge on any atom is -0.444 e. The van der Waals surface area contributed by atoms with Gasteiger partial charge in [0, 0.05) is 18.1 Å². The molecule has 0 saturated carbocycles. The summed E-state index contributed by atoms with van der Waals surface area (Å²) < 4.78 is 6.32. The van der Waals surface area contributed by atoms with Crippen LogP contribution in [0.4, 0.5) is 4.79 Å². The van der Waals surface area contributed by atoms with Crippen molar-refractivity contribution in [2.24, 2.45) is 0 Å². The summed E-state index contributed by atoms with van der Waals surface area (Å²) in [5, 5.41) is 0. The summed E-state index contributed by atoms with van der Waals surface area (Å²) in [5.41, 5.74) is 2.46. The van der Waals surface area contributed by atoms with E-state index in [1.54, 1.807) is 24.5 Å². The molecular formula is C16H20BrN3O2. The second-order valence-electron chi connectivity index (χ2n) is 6.11. The highest BCUT2D eigenvalue weighted by Gasteiger charge is 2.20. The van der Waals surface area contributed by atoms with Crippen LogP contribution in [0.1, 0.15) is 26.3 Å². The number of carbonyl (C=O) groups is 1. The maximum atomic E-state index is 12.1. The Balaban J connectivity index is 2.15. The van der Waals surface area contributed by atoms with Crippen LogP contribution in [0.3, 0.4) is 0 Å². The molecule has 0 atom stereocenters. The van der Waals surface area contributed by atoms with Crippen molar-refractivity contribution < 1.29 is 9.53 Å². The van der Waals surface area contributed by atoms with Gasteiger partial charge in [0.1, 0.15) is 5.60 Å². The predicted molar refractivity (Wildman–Crippen MR) is 89.4 cm³/mol. The van der Waals surface area contributed by atoms with Crippen molar-refractivity contribution >= 4 is 22.0 Å². The zero-order valence-corrected chi connectivity index (χ0v) is 14.8. The van der Waals surface area contributed by atoms with Gasteiger partial charge in [-0.2, -0.15) is 0 Å². The quantitative estimate of drug-likeness (QED) is 0.886. The smallest absolute Gasteiger partial charge is 0.410 e. The predicted octanol–water partition coefficient (Wildman–Crippen LogP) is 4.21. The lowest BCUT2D eigenvalue weighted by molar-refractivity contribution is 0.0285. The fraction of sp³-hybridized carbons (Fsp3) is 0.375. The average Bonchev–Trinajstić information content (AvgIpc) is 2.93. The van der Waals surface area contributed by atoms with E-state index in [0.717, 1.165) is 21.3 Å². The molecule has 5 nitrogen and oxygen atoms in total. The van der Waals surface area contributed by atoms with E-state index in [4.69, 9.17) is 4.74 Å². The van der Waals surface area contributed by atoms with Gasteiger partial charge < -0.3 is 14.6 Å². The van der Waals surface area contributed by atoms with Crippen LogP contribution in [0.25, 0.3) is 11.3 Å². The Labute approximate surface area is 138 Å². The number of rotatable bonds is 3. The zero-order chi connectivity index (χ0) is 16.3. The summed E-state index contributed by atoms with van der Waals surface area (Å²) in [6.45, 7) is 6.02. The number of aromatic nitrogens is 2. The molecule has 2 rings (SSSR count). The number of nitrogens with one attached hydrogen (secondary N) is 1. The van der Waals surface area contributed by atoms with Gasteiger partial charge in [-0.1, -0.05) is 22.0 Å². The highest BCUT2D eigenvalue weighted by atomic mass is 79.9. The lowest BCUT2D eigenvalue weighted by atomic mass is 10.1. The number of amides is 1. The van der Waals surface area contributed by atoms with Crippen LogP contribution in [-0.2, 0) is 11.3 Å². The van der Waals surface area contributed by atoms with Gasteiger partial charge in [0.05, 0.1) is 18.2 Å². The monoisotopic (exact) mass is 365 g/mol. The van der Waals surface area contributed by atoms with Crippen molar-refractivity contribution in [3.63, 3.8) is 0 Å². The fourth-order valence-electron chi connectivity index (χ4n) is 1.94. The summed E-state index contributed by atoms with van der Waals surface area (Å²) >= 11 is 3.53. The molecule has 22 heavy (non-hydrogen) atoms. The number of hydrogen-bond acceptors (Lipinski definition) is 3. The highest BCUT2D eigenvalue weighted by molar-refractivity contribution is 9.10. The molecule has 0 radical (unpaired) electrons. The van der Waals surface area contributed by atoms with Crippen molar-refractivity contribution in [3.8, 4) is 11.3 Å². The van der Waals surface area contributed by atoms with Crippen LogP contribution >= 0.6 is 15.9 Å². The first-order valence-electron chi connectivity index (χ1n) is 6.97. The zero-order valence-electron chi connectivity index (χ0n) is 13.2. The maximum absolute atomic E-state index is 12.1. The Hall–Kier alpha value is -1.82. The molecule has 6 heteroatoms. The van der Waals surface area contributed by atoms with Crippen LogP contribution in [-0.4, -0.2) is 33.6 Å². The van der Waals surface area contributed by atoms with Gasteiger partial charge in [0.25, 0.3) is 0 Å². The van der Waals surface area contributed by atoms with Gasteiger partial charge in [-0.05, 0) is 44.0 Å². The Morgan fingerprint density at radius 3 is 2.73 bits per heavy atom. The van der Waals surface area contributed by atoms with Gasteiger partial charge in [-0.3, -0.25) is 0 Å². The van der Waals surface area contributed by atoms with Gasteiger partial charge in [0.15, 0.2) is 0 Å². The molecule has 2 aromatic rings. The number of ether oxygens (including phenoxy) is 1. The molecular weight excluding hydrogens is 346 g/mol. The number of carbonyl (C=O) groups excluding carboxylic acids is 1. The summed E-state index contributed by atoms with van der Waals surface area (Å²) in [7, 11) is 1.73. The number of halogens is 1. The topological polar surface area (TPSA) is 58.2 Å². The molecule has 118 valence electrons. The van der Waals surface area contributed by atoms with Crippen LogP contribution in [0.5, 0.6) is 0 Å². The second-order valence-corrected chi connectivity index (χ2v) is 6.96. The Bertz CT molecular complexity index is 648. The molecule has 0 saturated heterocycles. The molecule has 1 amide bonds. The van der Waals surface area contributed by atoms with Crippen LogP contribution < -0.4 is 0 Å². The minimum absolute atomic E-state index is 0.341. The van der Waals surface area contributed by atoms with E-state index < -0.39 is 5.60 Å². The number of aromatic amines is 1. The second kappa shape index (κ2) is 6.52. The van der Waals surface area contributed by atoms with E-state index in [2.05, 4.69) is 25.9 Å². The van der Waals surface area contributed by atoms with Crippen molar-refractivity contribution in [2.45, 2.75) is 32.9 Å². The SMILES string of the molecule is CN(Cc1cc(-c2cnc[nH]2)ccc1Br)C(=O)OC(C)(C)C. The molecule has 0 fully saturated rings. The van der Waals surface area contributed by atoms with Crippen molar-refractivity contribution in [1.29, 1.82) is 0 Å². The minimum atomic E-state index is -0.500. The molecule has 0 aliphatic carbocycles. The third-order valence-corrected chi connectivity index (χ3v) is 3.74. The Morgan fingerprint density at radius 2 is 2.14 bits per heavy atom. The first-order chi connectivity index (χ1) is 10.3. The summed E-state index contributed by atoms with van der Waals surface area (Å²) in [4.78, 5) is 20.7. The summed E-state index contributed by atoms with van der Waals surface area (Å²) in [6.07, 6.45) is 3.07. The van der Waals surface area contributed by atoms with Crippen molar-refractivity contribution in [3.05, 3.63) is 40.8 Å². The molecule has 0 aliphatic heterocycles. The van der Waals surface area contributed by atoms with E-state index in [-0.39, 0.29) is 6.09 Å². The first kappa shape index (κ1) is 16.5. The van der Waals surface area contributed by atoms with Gasteiger partial charge >= 0.3 is 6.09 Å². The van der Waals surface area contributed by atoms with Crippen molar-refractivity contribution in [2.75, 3.05) is 7.05 Å². The molecule has 1 aromatic carbocycles. The van der Waals surface area contributed by atoms with E-state index in [9.17, 15) is 4.79 Å². The summed E-state index contributed by atoms with van der Waals surface area (Å²) in [6, 6.07) is 5.99. The number of hydrogen-bond donors (Lipinski definition) is 1. The molecule has 0 unspecified atom stereocenters. The molecule has 0 spiro atoms. The highest BCUT2D eigenvalue weighted by Crippen LogP contribution is 2.25. The van der Waals surface area contributed by atoms with Gasteiger partial charge in [-0.15, -0.1) is 0 Å². The molecule has 0 aliphatic rings. The number of H-pyrrole nitrogens is 1. The van der Waals surface area contributed by atoms with Crippen molar-refractivity contribution in [1.82, 2.24) is 14.9 Å². The maximum Gasteiger partial charge on any atom is 0.410 e. The van der Waals surface area contributed by atoms with Crippen LogP contribution in [0.15, 0.2) is 35.2 Å². The summed E-state index contributed by atoms with van der Waals surface area (Å²) in [5.74, 6) is 0. The third kappa shape index (κ3) is 4.34. The largest absolute Gasteiger partial charge is 0.444 e. The van der Waals surface area contributed by atoms with Gasteiger partial charge in [0.2, 0.25) is 0 Å². The van der Waals surface area contributed by atoms with Gasteiger partial charge in [-0.25, -0.2) is 9.78 Å². The lowest BCUT2D eigenvalue weighted by Crippen LogP contribution is -2.33. The molecule has 0 bridgehead atoms. The molecule has 1 aromatic heterocycles.